The van der Waals surface area contributed by atoms with Crippen molar-refractivity contribution in [3.63, 3.8) is 0 Å². The predicted molar refractivity (Wildman–Crippen MR) is 141 cm³/mol. The van der Waals surface area contributed by atoms with E-state index in [-0.39, 0.29) is 23.5 Å². The second kappa shape index (κ2) is 9.85. The van der Waals surface area contributed by atoms with Crippen molar-refractivity contribution in [3.05, 3.63) is 100 Å². The molecule has 1 N–H and O–H groups in total. The van der Waals surface area contributed by atoms with Crippen LogP contribution >= 0.6 is 35.0 Å². The lowest BCUT2D eigenvalue weighted by molar-refractivity contribution is -0.121. The van der Waals surface area contributed by atoms with Crippen molar-refractivity contribution in [1.82, 2.24) is 5.01 Å². The van der Waals surface area contributed by atoms with E-state index >= 15 is 0 Å². The molecule has 2 heterocycles. The number of benzene rings is 3. The highest BCUT2D eigenvalue weighted by molar-refractivity contribution is 8.14. The molecule has 0 radical (unpaired) electrons. The van der Waals surface area contributed by atoms with E-state index in [1.165, 1.54) is 12.1 Å². The number of rotatable bonds is 4. The number of hydrogen-bond donors (Lipinski definition) is 1. The van der Waals surface area contributed by atoms with Gasteiger partial charge >= 0.3 is 0 Å². The van der Waals surface area contributed by atoms with E-state index in [9.17, 15) is 9.59 Å². The monoisotopic (exact) mass is 522 g/mol. The van der Waals surface area contributed by atoms with Crippen LogP contribution in [0.4, 0.5) is 5.69 Å². The summed E-state index contributed by atoms with van der Waals surface area (Å²) in [5.41, 5.74) is 3.22. The molecule has 3 aromatic rings. The van der Waals surface area contributed by atoms with Gasteiger partial charge in [-0.25, -0.2) is 9.91 Å². The van der Waals surface area contributed by atoms with Gasteiger partial charge in [-0.3, -0.25) is 15.0 Å². The largest absolute Gasteiger partial charge is 0.277 e. The summed E-state index contributed by atoms with van der Waals surface area (Å²) in [5, 5.41) is 15.3. The molecule has 3 aromatic carbocycles. The van der Waals surface area contributed by atoms with Crippen LogP contribution in [0.3, 0.4) is 0 Å². The molecule has 35 heavy (non-hydrogen) atoms. The molecule has 0 unspecified atom stereocenters. The van der Waals surface area contributed by atoms with Gasteiger partial charge in [0, 0.05) is 22.9 Å². The van der Waals surface area contributed by atoms with Gasteiger partial charge in [0.2, 0.25) is 11.8 Å². The minimum Gasteiger partial charge on any atom is -0.277 e. The number of carbonyl (C=O) groups is 2. The summed E-state index contributed by atoms with van der Waals surface area (Å²) in [6, 6.07) is 24.1. The third-order valence-electron chi connectivity index (χ3n) is 5.87. The molecule has 0 aromatic heterocycles. The first-order chi connectivity index (χ1) is 16.9. The summed E-state index contributed by atoms with van der Waals surface area (Å²) < 4.78 is 0. The maximum Gasteiger partial charge on any atom is 0.247 e. The third kappa shape index (κ3) is 4.85. The molecule has 0 saturated carbocycles. The fourth-order valence-corrected chi connectivity index (χ4v) is 5.75. The van der Waals surface area contributed by atoms with Crippen LogP contribution in [0.25, 0.3) is 0 Å². The Morgan fingerprint density at radius 3 is 2.20 bits per heavy atom. The van der Waals surface area contributed by atoms with Gasteiger partial charge in [-0.1, -0.05) is 95.6 Å². The van der Waals surface area contributed by atoms with Crippen molar-refractivity contribution in [2.75, 3.05) is 4.90 Å². The van der Waals surface area contributed by atoms with E-state index in [1.807, 2.05) is 60.7 Å². The average Bonchev–Trinajstić information content (AvgIpc) is 3.41. The number of imide groups is 1. The lowest BCUT2D eigenvalue weighted by Crippen LogP contribution is -2.32. The van der Waals surface area contributed by atoms with Crippen LogP contribution in [0, 0.1) is 5.41 Å². The predicted octanol–water partition coefficient (Wildman–Crippen LogP) is 6.14. The minimum atomic E-state index is -0.736. The Morgan fingerprint density at radius 1 is 0.914 bits per heavy atom. The maximum absolute atomic E-state index is 13.2. The zero-order chi connectivity index (χ0) is 24.5. The quantitative estimate of drug-likeness (QED) is 0.253. The first kappa shape index (κ1) is 23.6. The van der Waals surface area contributed by atoms with Gasteiger partial charge in [0.15, 0.2) is 5.17 Å². The van der Waals surface area contributed by atoms with Gasteiger partial charge in [-0.15, -0.1) is 0 Å². The summed E-state index contributed by atoms with van der Waals surface area (Å²) in [6.45, 7) is 0. The average molecular weight is 523 g/mol. The zero-order valence-electron chi connectivity index (χ0n) is 18.4. The van der Waals surface area contributed by atoms with Crippen LogP contribution in [0.2, 0.25) is 10.0 Å². The maximum atomic E-state index is 13.2. The molecule has 0 bridgehead atoms. The number of hydrazone groups is 1. The van der Waals surface area contributed by atoms with Gasteiger partial charge < -0.3 is 0 Å². The molecule has 5 rings (SSSR count). The number of amidine groups is 1. The van der Waals surface area contributed by atoms with Crippen LogP contribution in [-0.2, 0) is 9.59 Å². The molecular weight excluding hydrogens is 503 g/mol. The lowest BCUT2D eigenvalue weighted by atomic mass is 9.99. The Labute approximate surface area is 217 Å². The summed E-state index contributed by atoms with van der Waals surface area (Å²) in [4.78, 5) is 27.0. The Bertz CT molecular complexity index is 1310. The Morgan fingerprint density at radius 2 is 1.54 bits per heavy atom. The fraction of sp³-hybridized carbons (Fsp3) is 0.154. The van der Waals surface area contributed by atoms with Gasteiger partial charge in [0.25, 0.3) is 0 Å². The number of anilines is 1. The Hall–Kier alpha value is -3.13. The van der Waals surface area contributed by atoms with E-state index in [0.29, 0.717) is 22.2 Å². The first-order valence-electron chi connectivity index (χ1n) is 11.0. The minimum absolute atomic E-state index is 0.0187. The highest BCUT2D eigenvalue weighted by Crippen LogP contribution is 2.38. The van der Waals surface area contributed by atoms with Crippen molar-refractivity contribution in [1.29, 1.82) is 5.41 Å². The number of thioether (sulfide) groups is 1. The molecule has 2 amide bonds. The van der Waals surface area contributed by atoms with Crippen LogP contribution in [0.15, 0.2) is 84.0 Å². The number of carbonyl (C=O) groups excluding carboxylic acids is 2. The molecule has 0 spiro atoms. The van der Waals surface area contributed by atoms with E-state index in [0.717, 1.165) is 33.5 Å². The van der Waals surface area contributed by atoms with Gasteiger partial charge in [0.1, 0.15) is 5.25 Å². The van der Waals surface area contributed by atoms with Crippen LogP contribution in [0.5, 0.6) is 0 Å². The van der Waals surface area contributed by atoms with E-state index in [4.69, 9.17) is 33.7 Å². The molecule has 176 valence electrons. The Balaban J connectivity index is 1.39. The SMILES string of the molecule is N=C(S[C@@H]1CC(=O)N(c2cc(Cl)cc(Cl)c2)C1=O)N1N=C(c2ccccc2)C[C@@H]1c1ccccc1. The highest BCUT2D eigenvalue weighted by Gasteiger charge is 2.42. The number of nitrogens with one attached hydrogen (secondary N) is 1. The number of hydrogen-bond acceptors (Lipinski definition) is 5. The molecule has 0 aliphatic carbocycles. The first-order valence-corrected chi connectivity index (χ1v) is 12.6. The zero-order valence-corrected chi connectivity index (χ0v) is 20.7. The van der Waals surface area contributed by atoms with Crippen molar-refractivity contribution in [2.24, 2.45) is 5.10 Å². The standard InChI is InChI=1S/C26H20Cl2N4O2S/c27-18-11-19(28)13-20(12-18)31-24(33)15-23(25(31)34)35-26(29)32-22(17-9-5-2-6-10-17)14-21(30-32)16-7-3-1-4-8-16/h1-13,22-23,29H,14-15H2/t22-,23-/m1/s1. The number of amides is 2. The van der Waals surface area contributed by atoms with Crippen LogP contribution in [-0.4, -0.2) is 33.0 Å². The van der Waals surface area contributed by atoms with Crippen LogP contribution in [0.1, 0.15) is 30.0 Å². The van der Waals surface area contributed by atoms with Crippen molar-refractivity contribution in [3.8, 4) is 0 Å². The summed E-state index contributed by atoms with van der Waals surface area (Å²) in [7, 11) is 0. The molecule has 6 nitrogen and oxygen atoms in total. The van der Waals surface area contributed by atoms with Crippen molar-refractivity contribution >= 4 is 63.3 Å². The second-order valence-corrected chi connectivity index (χ2v) is 10.3. The third-order valence-corrected chi connectivity index (χ3v) is 7.37. The normalized spacial score (nSPS) is 19.9. The smallest absolute Gasteiger partial charge is 0.247 e. The van der Waals surface area contributed by atoms with Crippen LogP contribution < -0.4 is 4.90 Å². The molecule has 2 aliphatic rings. The lowest BCUT2D eigenvalue weighted by Gasteiger charge is -2.24. The topological polar surface area (TPSA) is 76.8 Å². The van der Waals surface area contributed by atoms with E-state index in [1.54, 1.807) is 11.1 Å². The van der Waals surface area contributed by atoms with Crippen molar-refractivity contribution in [2.45, 2.75) is 24.1 Å². The molecule has 9 heteroatoms. The summed E-state index contributed by atoms with van der Waals surface area (Å²) >= 11 is 13.2. The highest BCUT2D eigenvalue weighted by atomic mass is 35.5. The molecule has 1 saturated heterocycles. The van der Waals surface area contributed by atoms with Gasteiger partial charge in [-0.2, -0.15) is 5.10 Å². The van der Waals surface area contributed by atoms with Gasteiger partial charge in [0.05, 0.1) is 17.4 Å². The van der Waals surface area contributed by atoms with Gasteiger partial charge in [-0.05, 0) is 29.3 Å². The molecule has 2 aliphatic heterocycles. The summed E-state index contributed by atoms with van der Waals surface area (Å²) in [6.07, 6.45) is 0.608. The molecule has 2 atom stereocenters. The van der Waals surface area contributed by atoms with E-state index in [2.05, 4.69) is 0 Å². The number of halogens is 2. The number of nitrogens with zero attached hydrogens (tertiary/aromatic N) is 3. The Kier molecular flexibility index (Phi) is 6.65. The molecular formula is C26H20Cl2N4O2S. The van der Waals surface area contributed by atoms with E-state index < -0.39 is 11.2 Å². The molecule has 1 fully saturated rings. The summed E-state index contributed by atoms with van der Waals surface area (Å²) in [5.74, 6) is -0.751. The van der Waals surface area contributed by atoms with Crippen molar-refractivity contribution < 1.29 is 9.59 Å². The second-order valence-electron chi connectivity index (χ2n) is 8.20. The fourth-order valence-electron chi connectivity index (χ4n) is 4.26.